The summed E-state index contributed by atoms with van der Waals surface area (Å²) >= 11 is 0. The smallest absolute Gasteiger partial charge is 0.252 e. The largest absolute Gasteiger partial charge is 0.383 e. The van der Waals surface area contributed by atoms with Crippen LogP contribution >= 0.6 is 0 Å². The van der Waals surface area contributed by atoms with Gasteiger partial charge in [0.15, 0.2) is 0 Å². The quantitative estimate of drug-likeness (QED) is 0.609. The second-order valence-corrected chi connectivity index (χ2v) is 3.70. The van der Waals surface area contributed by atoms with E-state index < -0.39 is 5.60 Å². The van der Waals surface area contributed by atoms with Gasteiger partial charge in [-0.25, -0.2) is 0 Å². The summed E-state index contributed by atoms with van der Waals surface area (Å²) in [5, 5.41) is 6.04. The molecule has 1 rings (SSSR count). The van der Waals surface area contributed by atoms with Crippen LogP contribution in [0, 0.1) is 0 Å². The Morgan fingerprint density at radius 2 is 2.07 bits per heavy atom. The third-order valence-electron chi connectivity index (χ3n) is 2.81. The first kappa shape index (κ1) is 12.4. The van der Waals surface area contributed by atoms with Crippen molar-refractivity contribution in [3.8, 4) is 0 Å². The number of amides is 1. The molecule has 1 saturated heterocycles. The second-order valence-electron chi connectivity index (χ2n) is 3.70. The summed E-state index contributed by atoms with van der Waals surface area (Å²) in [5.41, 5.74) is -0.640. The van der Waals surface area contributed by atoms with E-state index in [4.69, 9.17) is 9.47 Å². The van der Waals surface area contributed by atoms with Gasteiger partial charge >= 0.3 is 0 Å². The molecule has 1 amide bonds. The van der Waals surface area contributed by atoms with Crippen LogP contribution in [0.3, 0.4) is 0 Å². The molecule has 1 aliphatic heterocycles. The number of carbonyl (C=O) groups is 1. The fourth-order valence-corrected chi connectivity index (χ4v) is 1.78. The summed E-state index contributed by atoms with van der Waals surface area (Å²) in [6.07, 6.45) is 1.45. The molecule has 1 heterocycles. The highest BCUT2D eigenvalue weighted by molar-refractivity contribution is 5.85. The van der Waals surface area contributed by atoms with Gasteiger partial charge in [0.25, 0.3) is 5.91 Å². The van der Waals surface area contributed by atoms with E-state index in [2.05, 4.69) is 10.6 Å². The molecular formula is C10H20N2O3. The van der Waals surface area contributed by atoms with E-state index in [1.54, 1.807) is 14.2 Å². The van der Waals surface area contributed by atoms with Crippen molar-refractivity contribution in [2.45, 2.75) is 18.4 Å². The average molecular weight is 216 g/mol. The molecule has 0 unspecified atom stereocenters. The van der Waals surface area contributed by atoms with Gasteiger partial charge in [-0.3, -0.25) is 4.79 Å². The van der Waals surface area contributed by atoms with Gasteiger partial charge in [-0.15, -0.1) is 0 Å². The monoisotopic (exact) mass is 216 g/mol. The van der Waals surface area contributed by atoms with Crippen LogP contribution in [0.1, 0.15) is 12.8 Å². The van der Waals surface area contributed by atoms with Crippen molar-refractivity contribution >= 4 is 5.91 Å². The van der Waals surface area contributed by atoms with E-state index in [1.165, 1.54) is 0 Å². The topological polar surface area (TPSA) is 59.6 Å². The molecule has 0 radical (unpaired) electrons. The van der Waals surface area contributed by atoms with Crippen LogP contribution in [0.5, 0.6) is 0 Å². The van der Waals surface area contributed by atoms with Gasteiger partial charge in [0, 0.05) is 20.8 Å². The Labute approximate surface area is 90.5 Å². The molecule has 0 atom stereocenters. The first-order chi connectivity index (χ1) is 7.25. The van der Waals surface area contributed by atoms with Gasteiger partial charge in [0.2, 0.25) is 0 Å². The Balaban J connectivity index is 2.45. The minimum Gasteiger partial charge on any atom is -0.383 e. The lowest BCUT2D eigenvalue weighted by atomic mass is 9.91. The van der Waals surface area contributed by atoms with E-state index in [0.717, 1.165) is 25.9 Å². The third-order valence-corrected chi connectivity index (χ3v) is 2.81. The van der Waals surface area contributed by atoms with Crippen LogP contribution in [0.2, 0.25) is 0 Å². The molecule has 0 aromatic heterocycles. The number of methoxy groups -OCH3 is 2. The number of hydrogen-bond donors (Lipinski definition) is 2. The van der Waals surface area contributed by atoms with Crippen LogP contribution in [0.25, 0.3) is 0 Å². The van der Waals surface area contributed by atoms with Crippen molar-refractivity contribution in [1.29, 1.82) is 0 Å². The Bertz CT molecular complexity index is 203. The predicted molar refractivity (Wildman–Crippen MR) is 56.7 cm³/mol. The van der Waals surface area contributed by atoms with Crippen molar-refractivity contribution in [3.63, 3.8) is 0 Å². The molecule has 5 nitrogen and oxygen atoms in total. The lowest BCUT2D eigenvalue weighted by Crippen LogP contribution is -2.54. The first-order valence-electron chi connectivity index (χ1n) is 5.28. The predicted octanol–water partition coefficient (Wildman–Crippen LogP) is -0.482. The summed E-state index contributed by atoms with van der Waals surface area (Å²) in [7, 11) is 3.21. The molecule has 1 aliphatic rings. The zero-order valence-electron chi connectivity index (χ0n) is 9.47. The van der Waals surface area contributed by atoms with Gasteiger partial charge in [-0.05, 0) is 25.9 Å². The molecule has 15 heavy (non-hydrogen) atoms. The van der Waals surface area contributed by atoms with E-state index in [1.807, 2.05) is 0 Å². The zero-order chi connectivity index (χ0) is 11.1. The van der Waals surface area contributed by atoms with Crippen molar-refractivity contribution in [3.05, 3.63) is 0 Å². The summed E-state index contributed by atoms with van der Waals surface area (Å²) in [4.78, 5) is 11.9. The van der Waals surface area contributed by atoms with Gasteiger partial charge in [-0.2, -0.15) is 0 Å². The number of carbonyl (C=O) groups excluding carboxylic acids is 1. The highest BCUT2D eigenvalue weighted by Gasteiger charge is 2.39. The summed E-state index contributed by atoms with van der Waals surface area (Å²) in [6.45, 7) is 2.72. The van der Waals surface area contributed by atoms with Crippen molar-refractivity contribution in [1.82, 2.24) is 10.6 Å². The molecule has 0 saturated carbocycles. The summed E-state index contributed by atoms with van der Waals surface area (Å²) < 4.78 is 10.3. The first-order valence-corrected chi connectivity index (χ1v) is 5.28. The number of nitrogens with one attached hydrogen (secondary N) is 2. The standard InChI is InChI=1S/C10H20N2O3/c1-14-8-7-12-9(13)10(15-2)3-5-11-6-4-10/h11H,3-8H2,1-2H3,(H,12,13). The van der Waals surface area contributed by atoms with Crippen LogP contribution in [0.15, 0.2) is 0 Å². The number of rotatable bonds is 5. The molecule has 5 heteroatoms. The maximum Gasteiger partial charge on any atom is 0.252 e. The van der Waals surface area contributed by atoms with Crippen LogP contribution in [-0.2, 0) is 14.3 Å². The third kappa shape index (κ3) is 3.15. The van der Waals surface area contributed by atoms with E-state index in [0.29, 0.717) is 13.2 Å². The fourth-order valence-electron chi connectivity index (χ4n) is 1.78. The highest BCUT2D eigenvalue weighted by atomic mass is 16.5. The number of ether oxygens (including phenoxy) is 2. The number of hydrogen-bond acceptors (Lipinski definition) is 4. The van der Waals surface area contributed by atoms with Crippen molar-refractivity contribution < 1.29 is 14.3 Å². The zero-order valence-corrected chi connectivity index (χ0v) is 9.47. The molecule has 0 aromatic carbocycles. The van der Waals surface area contributed by atoms with Crippen molar-refractivity contribution in [2.75, 3.05) is 40.5 Å². The maximum atomic E-state index is 11.9. The molecule has 2 N–H and O–H groups in total. The molecule has 0 aromatic rings. The van der Waals surface area contributed by atoms with E-state index in [-0.39, 0.29) is 5.91 Å². The average Bonchev–Trinajstić information content (AvgIpc) is 2.30. The molecule has 0 aliphatic carbocycles. The minimum absolute atomic E-state index is 0.0245. The normalized spacial score (nSPS) is 19.9. The summed E-state index contributed by atoms with van der Waals surface area (Å²) in [6, 6.07) is 0. The van der Waals surface area contributed by atoms with Gasteiger partial charge in [0.1, 0.15) is 5.60 Å². The molecular weight excluding hydrogens is 196 g/mol. The molecule has 88 valence electrons. The Hall–Kier alpha value is -0.650. The Morgan fingerprint density at radius 1 is 1.40 bits per heavy atom. The Kier molecular flexibility index (Phi) is 5.01. The van der Waals surface area contributed by atoms with Crippen LogP contribution < -0.4 is 10.6 Å². The van der Waals surface area contributed by atoms with Crippen LogP contribution in [0.4, 0.5) is 0 Å². The van der Waals surface area contributed by atoms with Gasteiger partial charge in [0.05, 0.1) is 6.61 Å². The minimum atomic E-state index is -0.640. The Morgan fingerprint density at radius 3 is 2.60 bits per heavy atom. The van der Waals surface area contributed by atoms with E-state index in [9.17, 15) is 4.79 Å². The van der Waals surface area contributed by atoms with Gasteiger partial charge < -0.3 is 20.1 Å². The SMILES string of the molecule is COCCNC(=O)C1(OC)CCNCC1. The lowest BCUT2D eigenvalue weighted by Gasteiger charge is -2.34. The lowest BCUT2D eigenvalue weighted by molar-refractivity contribution is -0.146. The van der Waals surface area contributed by atoms with E-state index >= 15 is 0 Å². The maximum absolute atomic E-state index is 11.9. The summed E-state index contributed by atoms with van der Waals surface area (Å²) in [5.74, 6) is -0.0245. The highest BCUT2D eigenvalue weighted by Crippen LogP contribution is 2.22. The molecule has 0 bridgehead atoms. The van der Waals surface area contributed by atoms with Crippen LogP contribution in [-0.4, -0.2) is 52.0 Å². The van der Waals surface area contributed by atoms with Gasteiger partial charge in [-0.1, -0.05) is 0 Å². The van der Waals surface area contributed by atoms with Crippen molar-refractivity contribution in [2.24, 2.45) is 0 Å². The second kappa shape index (κ2) is 6.05. The fraction of sp³-hybridized carbons (Fsp3) is 0.900. The molecule has 0 spiro atoms. The number of piperidine rings is 1. The molecule has 1 fully saturated rings.